The van der Waals surface area contributed by atoms with Crippen LogP contribution in [0.15, 0.2) is 36.7 Å². The van der Waals surface area contributed by atoms with Gasteiger partial charge < -0.3 is 14.6 Å². The van der Waals surface area contributed by atoms with Crippen LogP contribution in [0, 0.1) is 5.82 Å². The predicted octanol–water partition coefficient (Wildman–Crippen LogP) is 3.47. The van der Waals surface area contributed by atoms with Crippen LogP contribution in [0.4, 0.5) is 10.3 Å². The Morgan fingerprint density at radius 3 is 3.05 bits per heavy atom. The summed E-state index contributed by atoms with van der Waals surface area (Å²) in [5.41, 5.74) is 0.922. The summed E-state index contributed by atoms with van der Waals surface area (Å²) in [6, 6.07) is 6.69. The van der Waals surface area contributed by atoms with Crippen LogP contribution in [-0.2, 0) is 4.74 Å². The summed E-state index contributed by atoms with van der Waals surface area (Å²) in [4.78, 5) is 4.32. The maximum absolute atomic E-state index is 13.3. The lowest BCUT2D eigenvalue weighted by Gasteiger charge is -2.17. The summed E-state index contributed by atoms with van der Waals surface area (Å²) in [7, 11) is 0. The van der Waals surface area contributed by atoms with Gasteiger partial charge in [0.2, 0.25) is 5.95 Å². The monoisotopic (exact) mass is 291 g/mol. The van der Waals surface area contributed by atoms with Crippen LogP contribution >= 0.6 is 0 Å². The van der Waals surface area contributed by atoms with Crippen molar-refractivity contribution in [3.05, 3.63) is 48.0 Å². The summed E-state index contributed by atoms with van der Waals surface area (Å²) >= 11 is 0. The molecule has 0 spiro atoms. The second kappa shape index (κ2) is 7.78. The van der Waals surface area contributed by atoms with E-state index in [0.717, 1.165) is 37.7 Å². The minimum atomic E-state index is -0.217. The molecule has 114 valence electrons. The normalized spacial score (nSPS) is 12.3. The summed E-state index contributed by atoms with van der Waals surface area (Å²) in [6.45, 7) is 6.30. The standard InChI is InChI=1S/C16H22FN3O/c1-3-21-11-5-8-18-16-19-9-10-20(16)13(2)14-6-4-7-15(17)12-14/h4,6-7,9-10,12-13H,3,5,8,11H2,1-2H3,(H,18,19). The number of nitrogens with one attached hydrogen (secondary N) is 1. The molecule has 2 aromatic rings. The Bertz CT molecular complexity index is 556. The molecule has 2 rings (SSSR count). The van der Waals surface area contributed by atoms with Gasteiger partial charge in [-0.3, -0.25) is 0 Å². The molecule has 0 saturated heterocycles. The van der Waals surface area contributed by atoms with E-state index in [1.54, 1.807) is 18.3 Å². The van der Waals surface area contributed by atoms with Crippen molar-refractivity contribution in [3.8, 4) is 0 Å². The van der Waals surface area contributed by atoms with Crippen molar-refractivity contribution in [2.75, 3.05) is 25.1 Å². The Kier molecular flexibility index (Phi) is 5.75. The molecule has 1 N–H and O–H groups in total. The zero-order chi connectivity index (χ0) is 15.1. The molecule has 1 atom stereocenters. The van der Waals surface area contributed by atoms with Gasteiger partial charge in [0.1, 0.15) is 5.82 Å². The maximum Gasteiger partial charge on any atom is 0.203 e. The van der Waals surface area contributed by atoms with Gasteiger partial charge in [0.25, 0.3) is 0 Å². The average molecular weight is 291 g/mol. The van der Waals surface area contributed by atoms with Gasteiger partial charge in [0.15, 0.2) is 0 Å². The number of anilines is 1. The minimum Gasteiger partial charge on any atom is -0.382 e. The van der Waals surface area contributed by atoms with Crippen molar-refractivity contribution in [2.45, 2.75) is 26.3 Å². The summed E-state index contributed by atoms with van der Waals surface area (Å²) in [5.74, 6) is 0.578. The maximum atomic E-state index is 13.3. The Labute approximate surface area is 125 Å². The first-order valence-corrected chi connectivity index (χ1v) is 7.32. The summed E-state index contributed by atoms with van der Waals surface area (Å²) < 4.78 is 20.6. The molecule has 21 heavy (non-hydrogen) atoms. The van der Waals surface area contributed by atoms with Crippen molar-refractivity contribution in [2.24, 2.45) is 0 Å². The number of rotatable bonds is 8. The third kappa shape index (κ3) is 4.29. The van der Waals surface area contributed by atoms with Crippen molar-refractivity contribution < 1.29 is 9.13 Å². The van der Waals surface area contributed by atoms with Gasteiger partial charge in [-0.05, 0) is 38.0 Å². The lowest BCUT2D eigenvalue weighted by atomic mass is 10.1. The van der Waals surface area contributed by atoms with E-state index in [0.29, 0.717) is 0 Å². The van der Waals surface area contributed by atoms with Gasteiger partial charge in [0.05, 0.1) is 6.04 Å². The van der Waals surface area contributed by atoms with E-state index in [9.17, 15) is 4.39 Å². The molecule has 5 heteroatoms. The Morgan fingerprint density at radius 2 is 2.29 bits per heavy atom. The minimum absolute atomic E-state index is 0.0255. The quantitative estimate of drug-likeness (QED) is 0.757. The summed E-state index contributed by atoms with van der Waals surface area (Å²) in [6.07, 6.45) is 4.58. The largest absolute Gasteiger partial charge is 0.382 e. The third-order valence-electron chi connectivity index (χ3n) is 3.37. The third-order valence-corrected chi connectivity index (χ3v) is 3.37. The molecule has 0 aliphatic carbocycles. The van der Waals surface area contributed by atoms with Crippen LogP contribution in [0.25, 0.3) is 0 Å². The summed E-state index contributed by atoms with van der Waals surface area (Å²) in [5, 5.41) is 3.30. The lowest BCUT2D eigenvalue weighted by Crippen LogP contribution is -2.13. The van der Waals surface area contributed by atoms with E-state index < -0.39 is 0 Å². The van der Waals surface area contributed by atoms with Gasteiger partial charge in [-0.1, -0.05) is 12.1 Å². The van der Waals surface area contributed by atoms with E-state index in [1.807, 2.05) is 30.7 Å². The predicted molar refractivity (Wildman–Crippen MR) is 82.0 cm³/mol. The molecule has 0 amide bonds. The lowest BCUT2D eigenvalue weighted by molar-refractivity contribution is 0.147. The number of hydrogen-bond acceptors (Lipinski definition) is 3. The number of hydrogen-bond donors (Lipinski definition) is 1. The van der Waals surface area contributed by atoms with Gasteiger partial charge in [-0.25, -0.2) is 9.37 Å². The van der Waals surface area contributed by atoms with E-state index in [4.69, 9.17) is 4.74 Å². The second-order valence-corrected chi connectivity index (χ2v) is 4.87. The topological polar surface area (TPSA) is 39.1 Å². The van der Waals surface area contributed by atoms with Gasteiger partial charge in [-0.15, -0.1) is 0 Å². The molecule has 0 aliphatic heterocycles. The van der Waals surface area contributed by atoms with Gasteiger partial charge >= 0.3 is 0 Å². The van der Waals surface area contributed by atoms with Crippen LogP contribution in [-0.4, -0.2) is 29.3 Å². The fourth-order valence-electron chi connectivity index (χ4n) is 2.21. The Hall–Kier alpha value is -1.88. The SMILES string of the molecule is CCOCCCNc1nccn1C(C)c1cccc(F)c1. The zero-order valence-corrected chi connectivity index (χ0v) is 12.6. The molecule has 1 heterocycles. The molecule has 1 aromatic carbocycles. The average Bonchev–Trinajstić information content (AvgIpc) is 2.94. The highest BCUT2D eigenvalue weighted by molar-refractivity contribution is 5.30. The number of nitrogens with zero attached hydrogens (tertiary/aromatic N) is 2. The first-order valence-electron chi connectivity index (χ1n) is 7.32. The van der Waals surface area contributed by atoms with Crippen LogP contribution < -0.4 is 5.32 Å². The van der Waals surface area contributed by atoms with E-state index in [1.165, 1.54) is 6.07 Å². The van der Waals surface area contributed by atoms with Crippen molar-refractivity contribution in [1.82, 2.24) is 9.55 Å². The fourth-order valence-corrected chi connectivity index (χ4v) is 2.21. The number of ether oxygens (including phenoxy) is 1. The van der Waals surface area contributed by atoms with E-state index in [-0.39, 0.29) is 11.9 Å². The Morgan fingerprint density at radius 1 is 1.43 bits per heavy atom. The molecule has 4 nitrogen and oxygen atoms in total. The first-order chi connectivity index (χ1) is 10.2. The molecule has 1 unspecified atom stereocenters. The van der Waals surface area contributed by atoms with Gasteiger partial charge in [-0.2, -0.15) is 0 Å². The first kappa shape index (κ1) is 15.5. The number of imidazole rings is 1. The smallest absolute Gasteiger partial charge is 0.203 e. The van der Waals surface area contributed by atoms with Gasteiger partial charge in [0, 0.05) is 32.2 Å². The van der Waals surface area contributed by atoms with Crippen molar-refractivity contribution >= 4 is 5.95 Å². The molecule has 0 aliphatic rings. The number of halogens is 1. The molecule has 0 radical (unpaired) electrons. The van der Waals surface area contributed by atoms with Crippen LogP contribution in [0.3, 0.4) is 0 Å². The molecular weight excluding hydrogens is 269 g/mol. The zero-order valence-electron chi connectivity index (χ0n) is 12.6. The number of benzene rings is 1. The highest BCUT2D eigenvalue weighted by Crippen LogP contribution is 2.22. The van der Waals surface area contributed by atoms with E-state index in [2.05, 4.69) is 10.3 Å². The van der Waals surface area contributed by atoms with Crippen LogP contribution in [0.5, 0.6) is 0 Å². The van der Waals surface area contributed by atoms with E-state index >= 15 is 0 Å². The molecule has 1 aromatic heterocycles. The highest BCUT2D eigenvalue weighted by Gasteiger charge is 2.12. The van der Waals surface area contributed by atoms with Crippen molar-refractivity contribution in [1.29, 1.82) is 0 Å². The fraction of sp³-hybridized carbons (Fsp3) is 0.438. The van der Waals surface area contributed by atoms with Crippen LogP contribution in [0.1, 0.15) is 31.9 Å². The second-order valence-electron chi connectivity index (χ2n) is 4.87. The van der Waals surface area contributed by atoms with Crippen molar-refractivity contribution in [3.63, 3.8) is 0 Å². The Balaban J connectivity index is 1.99. The highest BCUT2D eigenvalue weighted by atomic mass is 19.1. The molecule has 0 saturated carbocycles. The number of aromatic nitrogens is 2. The van der Waals surface area contributed by atoms with Crippen LogP contribution in [0.2, 0.25) is 0 Å². The molecule has 0 bridgehead atoms. The molecular formula is C16H22FN3O. The molecule has 0 fully saturated rings.